The standard InChI is InChI=1S/C36H41FN8O7S/c1-21-32(42-28-16-23(37)10-11-25(28)40-21)52-24-17-29-31(47)43-36(34(49)44-53(50,51)35(2)13-14-35)18-22(36)8-6-4-3-5-7-9-27(33(48)45(29)19-24)41-30(46)26-12-15-38-20-39-26/h6,8,10-12,15-16,20,22,24,27,29H,3-5,7,9,13-14,17-19H2,1-2H3,(H,41,46)(H,43,47)(H,44,49)/b8-6-/t22-,24-,27+,29+,36-/m1/s1. The van der Waals surface area contributed by atoms with E-state index in [1.54, 1.807) is 13.8 Å². The number of benzene rings is 1. The zero-order valence-corrected chi connectivity index (χ0v) is 30.2. The molecule has 2 aromatic heterocycles. The van der Waals surface area contributed by atoms with Crippen LogP contribution in [0.25, 0.3) is 11.0 Å². The van der Waals surface area contributed by atoms with E-state index in [0.717, 1.165) is 12.8 Å². The number of nitrogens with one attached hydrogen (secondary N) is 3. The van der Waals surface area contributed by atoms with Crippen LogP contribution < -0.4 is 20.1 Å². The number of carbonyl (C=O) groups is 4. The summed E-state index contributed by atoms with van der Waals surface area (Å²) in [5.41, 5.74) is -0.356. The van der Waals surface area contributed by atoms with Crippen molar-refractivity contribution in [3.63, 3.8) is 0 Å². The number of amides is 4. The lowest BCUT2D eigenvalue weighted by atomic mass is 10.0. The lowest BCUT2D eigenvalue weighted by Gasteiger charge is -2.30. The first kappa shape index (κ1) is 36.3. The number of nitrogens with zero attached hydrogens (tertiary/aromatic N) is 5. The first-order valence-corrected chi connectivity index (χ1v) is 19.3. The van der Waals surface area contributed by atoms with E-state index in [2.05, 4.69) is 35.3 Å². The fraction of sp³-hybridized carbons (Fsp3) is 0.500. The first-order chi connectivity index (χ1) is 25.3. The van der Waals surface area contributed by atoms with Crippen molar-refractivity contribution in [2.75, 3.05) is 6.54 Å². The Labute approximate surface area is 305 Å². The number of fused-ring (bicyclic) bond motifs is 3. The summed E-state index contributed by atoms with van der Waals surface area (Å²) in [5.74, 6) is -3.50. The van der Waals surface area contributed by atoms with E-state index in [4.69, 9.17) is 4.74 Å². The molecule has 4 aliphatic rings. The largest absolute Gasteiger partial charge is 0.471 e. The molecule has 53 heavy (non-hydrogen) atoms. The van der Waals surface area contributed by atoms with Gasteiger partial charge in [-0.15, -0.1) is 0 Å². The van der Waals surface area contributed by atoms with E-state index >= 15 is 0 Å². The number of allylic oxidation sites excluding steroid dienone is 1. The molecular weight excluding hydrogens is 708 g/mol. The van der Waals surface area contributed by atoms with Gasteiger partial charge in [-0.2, -0.15) is 0 Å². The number of aryl methyl sites for hydroxylation is 1. The van der Waals surface area contributed by atoms with Crippen LogP contribution in [-0.4, -0.2) is 91.9 Å². The highest BCUT2D eigenvalue weighted by Crippen LogP contribution is 2.47. The highest BCUT2D eigenvalue weighted by Gasteiger charge is 2.63. The van der Waals surface area contributed by atoms with Crippen molar-refractivity contribution in [2.24, 2.45) is 5.92 Å². The molecule has 2 aliphatic heterocycles. The molecule has 2 saturated carbocycles. The molecule has 0 radical (unpaired) electrons. The lowest BCUT2D eigenvalue weighted by Crippen LogP contribution is -2.58. The van der Waals surface area contributed by atoms with E-state index in [1.165, 1.54) is 41.7 Å². The van der Waals surface area contributed by atoms with Gasteiger partial charge in [-0.3, -0.25) is 23.9 Å². The number of rotatable bonds is 7. The molecule has 5 atom stereocenters. The second-order valence-electron chi connectivity index (χ2n) is 14.6. The summed E-state index contributed by atoms with van der Waals surface area (Å²) < 4.78 is 47.7. The molecular formula is C36H41FN8O7S. The summed E-state index contributed by atoms with van der Waals surface area (Å²) in [6.45, 7) is 3.16. The molecule has 280 valence electrons. The third kappa shape index (κ3) is 7.43. The second kappa shape index (κ2) is 14.1. The summed E-state index contributed by atoms with van der Waals surface area (Å²) in [7, 11) is -4.01. The Kier molecular flexibility index (Phi) is 9.63. The maximum absolute atomic E-state index is 14.5. The number of halogens is 1. The monoisotopic (exact) mass is 748 g/mol. The van der Waals surface area contributed by atoms with Gasteiger partial charge in [0.15, 0.2) is 0 Å². The molecule has 17 heteroatoms. The van der Waals surface area contributed by atoms with Crippen LogP contribution >= 0.6 is 0 Å². The number of hydrogen-bond acceptors (Lipinski definition) is 11. The molecule has 1 aromatic carbocycles. The fourth-order valence-electron chi connectivity index (χ4n) is 6.97. The van der Waals surface area contributed by atoms with Crippen molar-refractivity contribution in [1.29, 1.82) is 0 Å². The SMILES string of the molecule is Cc1nc2ccc(F)cc2nc1O[C@@H]1C[C@H]2C(=O)N[C@]3(C(=O)NS(=O)(=O)C4(C)CC4)C[C@H]3/C=C\CCCCC[C@H](NC(=O)c3ccncn3)C(=O)N2C1. The van der Waals surface area contributed by atoms with Crippen molar-refractivity contribution >= 4 is 44.7 Å². The maximum atomic E-state index is 14.5. The molecule has 15 nitrogen and oxygen atoms in total. The van der Waals surface area contributed by atoms with E-state index in [1.807, 2.05) is 12.2 Å². The van der Waals surface area contributed by atoms with Gasteiger partial charge in [0.2, 0.25) is 27.7 Å². The van der Waals surface area contributed by atoms with Crippen molar-refractivity contribution in [3.05, 3.63) is 66.1 Å². The predicted octanol–water partition coefficient (Wildman–Crippen LogP) is 2.41. The van der Waals surface area contributed by atoms with Crippen LogP contribution in [-0.2, 0) is 24.4 Å². The van der Waals surface area contributed by atoms with Gasteiger partial charge in [0, 0.05) is 24.6 Å². The van der Waals surface area contributed by atoms with E-state index < -0.39 is 73.9 Å². The molecule has 0 unspecified atom stereocenters. The average Bonchev–Trinajstić information content (AvgIpc) is 4.01. The topological polar surface area (TPSA) is 203 Å². The van der Waals surface area contributed by atoms with Crippen LogP contribution in [0.5, 0.6) is 5.88 Å². The van der Waals surface area contributed by atoms with Crippen LogP contribution in [0.15, 0.2) is 48.9 Å². The quantitative estimate of drug-likeness (QED) is 0.300. The third-order valence-corrected chi connectivity index (χ3v) is 12.8. The van der Waals surface area contributed by atoms with Gasteiger partial charge in [0.1, 0.15) is 47.3 Å². The van der Waals surface area contributed by atoms with E-state index in [-0.39, 0.29) is 42.9 Å². The number of sulfonamides is 1. The summed E-state index contributed by atoms with van der Waals surface area (Å²) in [6, 6.07) is 3.22. The molecule has 1 saturated heterocycles. The molecule has 3 fully saturated rings. The summed E-state index contributed by atoms with van der Waals surface area (Å²) in [6.07, 6.45) is 9.63. The summed E-state index contributed by atoms with van der Waals surface area (Å²) in [4.78, 5) is 74.0. The second-order valence-corrected chi connectivity index (χ2v) is 16.8. The molecule has 4 heterocycles. The molecule has 3 aromatic rings. The Morgan fingerprint density at radius 1 is 1.09 bits per heavy atom. The Morgan fingerprint density at radius 3 is 2.66 bits per heavy atom. The minimum absolute atomic E-state index is 0.0268. The molecule has 7 rings (SSSR count). The zero-order chi connectivity index (χ0) is 37.5. The zero-order valence-electron chi connectivity index (χ0n) is 29.4. The van der Waals surface area contributed by atoms with Crippen LogP contribution in [0.1, 0.15) is 80.9 Å². The maximum Gasteiger partial charge on any atom is 0.270 e. The average molecular weight is 749 g/mol. The molecule has 2 aliphatic carbocycles. The molecule has 0 bridgehead atoms. The van der Waals surface area contributed by atoms with Crippen molar-refractivity contribution in [1.82, 2.24) is 40.2 Å². The highest BCUT2D eigenvalue weighted by molar-refractivity contribution is 7.91. The summed E-state index contributed by atoms with van der Waals surface area (Å²) in [5, 5.41) is 5.64. The van der Waals surface area contributed by atoms with Gasteiger partial charge in [-0.05, 0) is 70.6 Å². The Morgan fingerprint density at radius 2 is 1.91 bits per heavy atom. The lowest BCUT2D eigenvalue weighted by molar-refractivity contribution is -0.141. The molecule has 0 spiro atoms. The van der Waals surface area contributed by atoms with Gasteiger partial charge in [0.05, 0.1) is 22.3 Å². The van der Waals surface area contributed by atoms with Gasteiger partial charge in [0.25, 0.3) is 11.8 Å². The number of carbonyl (C=O) groups excluding carboxylic acids is 4. The minimum Gasteiger partial charge on any atom is -0.471 e. The van der Waals surface area contributed by atoms with Crippen LogP contribution in [0.4, 0.5) is 4.39 Å². The number of hydrogen-bond donors (Lipinski definition) is 3. The third-order valence-electron chi connectivity index (χ3n) is 10.6. The van der Waals surface area contributed by atoms with E-state index in [9.17, 15) is 32.0 Å². The Balaban J connectivity index is 1.20. The van der Waals surface area contributed by atoms with Crippen LogP contribution in [0.3, 0.4) is 0 Å². The van der Waals surface area contributed by atoms with Gasteiger partial charge in [-0.1, -0.05) is 25.0 Å². The highest BCUT2D eigenvalue weighted by atomic mass is 32.2. The first-order valence-electron chi connectivity index (χ1n) is 17.8. The smallest absolute Gasteiger partial charge is 0.270 e. The van der Waals surface area contributed by atoms with E-state index in [0.29, 0.717) is 36.9 Å². The predicted molar refractivity (Wildman–Crippen MR) is 188 cm³/mol. The van der Waals surface area contributed by atoms with Crippen LogP contribution in [0, 0.1) is 18.7 Å². The number of aromatic nitrogens is 4. The Bertz CT molecular complexity index is 2100. The van der Waals surface area contributed by atoms with Crippen LogP contribution in [0.2, 0.25) is 0 Å². The van der Waals surface area contributed by atoms with Gasteiger partial charge in [-0.25, -0.2) is 32.7 Å². The van der Waals surface area contributed by atoms with Crippen molar-refractivity contribution < 1.29 is 36.7 Å². The molecule has 4 amide bonds. The minimum atomic E-state index is -4.01. The summed E-state index contributed by atoms with van der Waals surface area (Å²) >= 11 is 0. The Hall–Kier alpha value is -5.06. The van der Waals surface area contributed by atoms with Crippen molar-refractivity contribution in [3.8, 4) is 5.88 Å². The fourth-order valence-corrected chi connectivity index (χ4v) is 8.28. The van der Waals surface area contributed by atoms with Gasteiger partial charge < -0.3 is 20.3 Å². The normalized spacial score (nSPS) is 27.6. The molecule has 3 N–H and O–H groups in total. The number of ether oxygens (including phenoxy) is 1. The van der Waals surface area contributed by atoms with Gasteiger partial charge >= 0.3 is 0 Å². The van der Waals surface area contributed by atoms with Crippen molar-refractivity contribution in [2.45, 2.75) is 100 Å².